The molecule has 0 heterocycles. The molecule has 18 heavy (non-hydrogen) atoms. The first kappa shape index (κ1) is 15.0. The molecule has 7 heteroatoms. The van der Waals surface area contributed by atoms with Gasteiger partial charge in [-0.25, -0.2) is 0 Å². The van der Waals surface area contributed by atoms with Crippen molar-refractivity contribution in [1.82, 2.24) is 0 Å². The Balaban J connectivity index is 2.62. The number of alkyl halides is 3. The SMILES string of the molecule is CC(CCC(F)(F)F)OS(=O)(=O)c1ccccc1. The van der Waals surface area contributed by atoms with Gasteiger partial charge in [0.1, 0.15) is 0 Å². The smallest absolute Gasteiger partial charge is 0.263 e. The van der Waals surface area contributed by atoms with Crippen LogP contribution in [0.25, 0.3) is 0 Å². The molecule has 3 nitrogen and oxygen atoms in total. The summed E-state index contributed by atoms with van der Waals surface area (Å²) in [4.78, 5) is -0.0659. The zero-order valence-electron chi connectivity index (χ0n) is 9.65. The van der Waals surface area contributed by atoms with Crippen molar-refractivity contribution in [2.75, 3.05) is 0 Å². The largest absolute Gasteiger partial charge is 0.389 e. The monoisotopic (exact) mass is 282 g/mol. The van der Waals surface area contributed by atoms with Gasteiger partial charge in [0, 0.05) is 6.42 Å². The van der Waals surface area contributed by atoms with Crippen LogP contribution in [0.4, 0.5) is 13.2 Å². The summed E-state index contributed by atoms with van der Waals surface area (Å²) in [5.74, 6) is 0. The highest BCUT2D eigenvalue weighted by Gasteiger charge is 2.29. The third-order valence-electron chi connectivity index (χ3n) is 2.16. The number of rotatable bonds is 5. The van der Waals surface area contributed by atoms with E-state index >= 15 is 0 Å². The minimum absolute atomic E-state index is 0.0659. The second-order valence-corrected chi connectivity index (χ2v) is 5.40. The molecule has 0 fully saturated rings. The Bertz CT molecular complexity index is 468. The Hall–Kier alpha value is -1.08. The lowest BCUT2D eigenvalue weighted by atomic mass is 10.2. The fourth-order valence-electron chi connectivity index (χ4n) is 1.27. The predicted octanol–water partition coefficient (Wildman–Crippen LogP) is 3.12. The third kappa shape index (κ3) is 5.05. The average Bonchev–Trinajstić information content (AvgIpc) is 2.26. The van der Waals surface area contributed by atoms with Crippen LogP contribution in [0.5, 0.6) is 0 Å². The summed E-state index contributed by atoms with van der Waals surface area (Å²) in [6, 6.07) is 7.30. The molecule has 0 aliphatic heterocycles. The van der Waals surface area contributed by atoms with E-state index < -0.39 is 35.2 Å². The lowest BCUT2D eigenvalue weighted by Crippen LogP contribution is -2.18. The summed E-state index contributed by atoms with van der Waals surface area (Å²) in [7, 11) is -3.99. The van der Waals surface area contributed by atoms with Crippen LogP contribution >= 0.6 is 0 Å². The van der Waals surface area contributed by atoms with Gasteiger partial charge in [-0.2, -0.15) is 21.6 Å². The predicted molar refractivity (Wildman–Crippen MR) is 59.5 cm³/mol. The highest BCUT2D eigenvalue weighted by Crippen LogP contribution is 2.24. The van der Waals surface area contributed by atoms with Crippen LogP contribution in [0.1, 0.15) is 19.8 Å². The van der Waals surface area contributed by atoms with Crippen molar-refractivity contribution in [1.29, 1.82) is 0 Å². The first-order valence-corrected chi connectivity index (χ1v) is 6.66. The van der Waals surface area contributed by atoms with Gasteiger partial charge in [0.05, 0.1) is 11.0 Å². The fourth-order valence-corrected chi connectivity index (χ4v) is 2.40. The summed E-state index contributed by atoms with van der Waals surface area (Å²) in [6.07, 6.45) is -6.79. The van der Waals surface area contributed by atoms with E-state index in [0.29, 0.717) is 0 Å². The zero-order valence-corrected chi connectivity index (χ0v) is 10.5. The molecule has 0 spiro atoms. The Kier molecular flexibility index (Phi) is 4.75. The van der Waals surface area contributed by atoms with Gasteiger partial charge in [0.25, 0.3) is 10.1 Å². The maximum absolute atomic E-state index is 12.0. The Morgan fingerprint density at radius 3 is 2.28 bits per heavy atom. The Labute approximate surface area is 104 Å². The minimum atomic E-state index is -4.31. The van der Waals surface area contributed by atoms with Gasteiger partial charge in [-0.3, -0.25) is 4.18 Å². The van der Waals surface area contributed by atoms with Crippen LogP contribution in [-0.2, 0) is 14.3 Å². The molecule has 1 aromatic carbocycles. The van der Waals surface area contributed by atoms with Crippen molar-refractivity contribution in [3.63, 3.8) is 0 Å². The first-order valence-electron chi connectivity index (χ1n) is 5.26. The highest BCUT2D eigenvalue weighted by molar-refractivity contribution is 7.86. The van der Waals surface area contributed by atoms with Crippen molar-refractivity contribution in [2.45, 2.75) is 36.9 Å². The van der Waals surface area contributed by atoms with Gasteiger partial charge in [0.15, 0.2) is 0 Å². The number of benzene rings is 1. The van der Waals surface area contributed by atoms with E-state index in [2.05, 4.69) is 0 Å². The molecular formula is C11H13F3O3S. The summed E-state index contributed by atoms with van der Waals surface area (Å²) in [5.41, 5.74) is 0. The molecule has 0 saturated carbocycles. The molecule has 1 atom stereocenters. The maximum Gasteiger partial charge on any atom is 0.389 e. The first-order chi connectivity index (χ1) is 8.21. The Morgan fingerprint density at radius 2 is 1.78 bits per heavy atom. The molecule has 102 valence electrons. The van der Waals surface area contributed by atoms with E-state index in [1.165, 1.54) is 31.2 Å². The number of hydrogen-bond acceptors (Lipinski definition) is 3. The molecule has 1 unspecified atom stereocenters. The Morgan fingerprint density at radius 1 is 1.22 bits per heavy atom. The summed E-state index contributed by atoms with van der Waals surface area (Å²) >= 11 is 0. The molecule has 0 N–H and O–H groups in total. The second-order valence-electron chi connectivity index (χ2n) is 3.83. The standard InChI is InChI=1S/C11H13F3O3S/c1-9(7-8-11(12,13)14)17-18(15,16)10-5-3-2-4-6-10/h2-6,9H,7-8H2,1H3. The van der Waals surface area contributed by atoms with Gasteiger partial charge in [-0.15, -0.1) is 0 Å². The van der Waals surface area contributed by atoms with Gasteiger partial charge in [-0.05, 0) is 25.5 Å². The molecule has 0 aliphatic carbocycles. The molecule has 0 aromatic heterocycles. The van der Waals surface area contributed by atoms with Crippen molar-refractivity contribution < 1.29 is 25.8 Å². The van der Waals surface area contributed by atoms with Gasteiger partial charge in [0.2, 0.25) is 0 Å². The molecule has 0 radical (unpaired) electrons. The molecular weight excluding hydrogens is 269 g/mol. The molecule has 1 aromatic rings. The van der Waals surface area contributed by atoms with Gasteiger partial charge >= 0.3 is 6.18 Å². The summed E-state index contributed by atoms with van der Waals surface area (Å²) in [5, 5.41) is 0. The van der Waals surface area contributed by atoms with Crippen LogP contribution < -0.4 is 0 Å². The van der Waals surface area contributed by atoms with E-state index in [9.17, 15) is 21.6 Å². The van der Waals surface area contributed by atoms with Crippen LogP contribution in [0, 0.1) is 0 Å². The molecule has 0 saturated heterocycles. The molecule has 1 rings (SSSR count). The fraction of sp³-hybridized carbons (Fsp3) is 0.455. The third-order valence-corrected chi connectivity index (χ3v) is 3.59. The summed E-state index contributed by atoms with van der Waals surface area (Å²) in [6.45, 7) is 1.30. The van der Waals surface area contributed by atoms with E-state index in [4.69, 9.17) is 4.18 Å². The summed E-state index contributed by atoms with van der Waals surface area (Å²) < 4.78 is 63.9. The molecule has 0 aliphatic rings. The quantitative estimate of drug-likeness (QED) is 0.779. The minimum Gasteiger partial charge on any atom is -0.263 e. The lowest BCUT2D eigenvalue weighted by Gasteiger charge is -2.14. The number of halogens is 3. The highest BCUT2D eigenvalue weighted by atomic mass is 32.2. The average molecular weight is 282 g/mol. The van der Waals surface area contributed by atoms with Crippen molar-refractivity contribution in [2.24, 2.45) is 0 Å². The van der Waals surface area contributed by atoms with Crippen LogP contribution in [0.3, 0.4) is 0 Å². The topological polar surface area (TPSA) is 43.4 Å². The second kappa shape index (κ2) is 5.71. The zero-order chi connectivity index (χ0) is 13.8. The lowest BCUT2D eigenvalue weighted by molar-refractivity contribution is -0.138. The maximum atomic E-state index is 12.0. The van der Waals surface area contributed by atoms with E-state index in [1.54, 1.807) is 6.07 Å². The van der Waals surface area contributed by atoms with Crippen LogP contribution in [0.2, 0.25) is 0 Å². The van der Waals surface area contributed by atoms with Crippen molar-refractivity contribution in [3.8, 4) is 0 Å². The van der Waals surface area contributed by atoms with Gasteiger partial charge < -0.3 is 0 Å². The molecule has 0 bridgehead atoms. The van der Waals surface area contributed by atoms with Crippen LogP contribution in [0.15, 0.2) is 35.2 Å². The van der Waals surface area contributed by atoms with Crippen molar-refractivity contribution in [3.05, 3.63) is 30.3 Å². The van der Waals surface area contributed by atoms with E-state index in [1.807, 2.05) is 0 Å². The van der Waals surface area contributed by atoms with E-state index in [0.717, 1.165) is 0 Å². The normalized spacial score (nSPS) is 14.4. The number of hydrogen-bond donors (Lipinski definition) is 0. The van der Waals surface area contributed by atoms with Gasteiger partial charge in [-0.1, -0.05) is 18.2 Å². The van der Waals surface area contributed by atoms with E-state index in [-0.39, 0.29) is 4.90 Å². The van der Waals surface area contributed by atoms with Crippen LogP contribution in [-0.4, -0.2) is 20.7 Å². The molecule has 0 amide bonds. The van der Waals surface area contributed by atoms with Crippen molar-refractivity contribution >= 4 is 10.1 Å².